The molecule has 1 amide bonds. The molecule has 0 aromatic carbocycles. The van der Waals surface area contributed by atoms with Gasteiger partial charge in [-0.3, -0.25) is 4.79 Å². The van der Waals surface area contributed by atoms with Crippen LogP contribution in [-0.4, -0.2) is 37.7 Å². The number of nitrogens with one attached hydrogen (secondary N) is 2. The second-order valence-electron chi connectivity index (χ2n) is 6.28. The summed E-state index contributed by atoms with van der Waals surface area (Å²) in [4.78, 5) is 12.1. The Labute approximate surface area is 110 Å². The second-order valence-corrected chi connectivity index (χ2v) is 6.28. The third-order valence-corrected chi connectivity index (χ3v) is 4.27. The minimum atomic E-state index is 0.165. The zero-order chi connectivity index (χ0) is 13.0. The summed E-state index contributed by atoms with van der Waals surface area (Å²) in [5.74, 6) is 0.165. The second kappa shape index (κ2) is 6.02. The van der Waals surface area contributed by atoms with E-state index in [0.717, 1.165) is 19.6 Å². The molecule has 104 valence electrons. The molecule has 1 aliphatic heterocycles. The highest BCUT2D eigenvalue weighted by Gasteiger charge is 2.33. The summed E-state index contributed by atoms with van der Waals surface area (Å²) in [5, 5.41) is 6.54. The van der Waals surface area contributed by atoms with Crippen molar-refractivity contribution in [3.8, 4) is 0 Å². The highest BCUT2D eigenvalue weighted by atomic mass is 16.5. The molecule has 2 rings (SSSR count). The topological polar surface area (TPSA) is 50.4 Å². The Morgan fingerprint density at radius 1 is 1.44 bits per heavy atom. The van der Waals surface area contributed by atoms with Crippen molar-refractivity contribution in [2.75, 3.05) is 19.8 Å². The fraction of sp³-hybridized carbons (Fsp3) is 0.929. The van der Waals surface area contributed by atoms with Gasteiger partial charge in [0.2, 0.25) is 5.91 Å². The van der Waals surface area contributed by atoms with Gasteiger partial charge in [-0.1, -0.05) is 26.7 Å². The molecular formula is C14H26N2O2. The Kier molecular flexibility index (Phi) is 4.62. The molecule has 18 heavy (non-hydrogen) atoms. The molecule has 4 nitrogen and oxygen atoms in total. The number of ether oxygens (including phenoxy) is 1. The van der Waals surface area contributed by atoms with E-state index in [4.69, 9.17) is 4.74 Å². The maximum atomic E-state index is 12.1. The Balaban J connectivity index is 1.79. The van der Waals surface area contributed by atoms with E-state index in [0.29, 0.717) is 19.1 Å². The number of carbonyl (C=O) groups excluding carboxylic acids is 1. The minimum Gasteiger partial charge on any atom is -0.378 e. The van der Waals surface area contributed by atoms with E-state index >= 15 is 0 Å². The highest BCUT2D eigenvalue weighted by molar-refractivity contribution is 5.77. The van der Waals surface area contributed by atoms with Crippen LogP contribution in [0.25, 0.3) is 0 Å². The Morgan fingerprint density at radius 3 is 2.94 bits per heavy atom. The lowest BCUT2D eigenvalue weighted by molar-refractivity contribution is -0.124. The lowest BCUT2D eigenvalue weighted by atomic mass is 9.73. The van der Waals surface area contributed by atoms with Crippen molar-refractivity contribution in [1.82, 2.24) is 10.6 Å². The monoisotopic (exact) mass is 254 g/mol. The average molecular weight is 254 g/mol. The van der Waals surface area contributed by atoms with Crippen molar-refractivity contribution in [3.05, 3.63) is 0 Å². The normalized spacial score (nSPS) is 31.9. The van der Waals surface area contributed by atoms with E-state index in [1.807, 2.05) is 0 Å². The van der Waals surface area contributed by atoms with Crippen LogP contribution in [0, 0.1) is 5.41 Å². The molecule has 4 heteroatoms. The first-order valence-corrected chi connectivity index (χ1v) is 7.18. The summed E-state index contributed by atoms with van der Waals surface area (Å²) < 4.78 is 5.37. The molecule has 1 aliphatic carbocycles. The summed E-state index contributed by atoms with van der Waals surface area (Å²) in [7, 11) is 0. The number of morpholine rings is 1. The summed E-state index contributed by atoms with van der Waals surface area (Å²) >= 11 is 0. The molecule has 1 heterocycles. The van der Waals surface area contributed by atoms with Gasteiger partial charge in [-0.05, 0) is 18.3 Å². The summed E-state index contributed by atoms with van der Waals surface area (Å²) in [6.07, 6.45) is 5.39. The van der Waals surface area contributed by atoms with Crippen LogP contribution in [0.5, 0.6) is 0 Å². The molecule has 2 aliphatic rings. The molecule has 1 saturated carbocycles. The Bertz CT molecular complexity index is 286. The molecule has 0 radical (unpaired) electrons. The van der Waals surface area contributed by atoms with Crippen molar-refractivity contribution in [2.24, 2.45) is 5.41 Å². The number of hydrogen-bond acceptors (Lipinski definition) is 3. The van der Waals surface area contributed by atoms with Gasteiger partial charge in [-0.15, -0.1) is 0 Å². The lowest BCUT2D eigenvalue weighted by Crippen LogP contribution is -2.50. The van der Waals surface area contributed by atoms with Crippen molar-refractivity contribution >= 4 is 5.91 Å². The van der Waals surface area contributed by atoms with Gasteiger partial charge >= 0.3 is 0 Å². The average Bonchev–Trinajstić information content (AvgIpc) is 2.33. The summed E-state index contributed by atoms with van der Waals surface area (Å²) in [5.41, 5.74) is 0.240. The van der Waals surface area contributed by atoms with Crippen LogP contribution in [0.2, 0.25) is 0 Å². The van der Waals surface area contributed by atoms with Crippen molar-refractivity contribution < 1.29 is 9.53 Å². The van der Waals surface area contributed by atoms with Crippen molar-refractivity contribution in [2.45, 2.75) is 58.0 Å². The molecule has 0 spiro atoms. The molecule has 2 atom stereocenters. The quantitative estimate of drug-likeness (QED) is 0.801. The first-order valence-electron chi connectivity index (χ1n) is 7.18. The Hall–Kier alpha value is -0.610. The van der Waals surface area contributed by atoms with Crippen LogP contribution < -0.4 is 10.6 Å². The molecule has 2 unspecified atom stereocenters. The van der Waals surface area contributed by atoms with Gasteiger partial charge in [-0.25, -0.2) is 0 Å². The Morgan fingerprint density at radius 2 is 2.28 bits per heavy atom. The third-order valence-electron chi connectivity index (χ3n) is 4.27. The van der Waals surface area contributed by atoms with Gasteiger partial charge < -0.3 is 15.4 Å². The van der Waals surface area contributed by atoms with E-state index in [2.05, 4.69) is 24.5 Å². The standard InChI is InChI=1S/C14H26N2O2/c1-14(2)6-4-3-5-12(14)16-13(17)9-11-10-18-8-7-15-11/h11-12,15H,3-10H2,1-2H3,(H,16,17). The smallest absolute Gasteiger partial charge is 0.221 e. The van der Waals surface area contributed by atoms with E-state index in [1.54, 1.807) is 0 Å². The fourth-order valence-corrected chi connectivity index (χ4v) is 2.99. The molecular weight excluding hydrogens is 228 g/mol. The first-order chi connectivity index (χ1) is 8.58. The number of amides is 1. The van der Waals surface area contributed by atoms with E-state index in [-0.39, 0.29) is 17.4 Å². The summed E-state index contributed by atoms with van der Waals surface area (Å²) in [6.45, 7) is 6.79. The largest absolute Gasteiger partial charge is 0.378 e. The van der Waals surface area contributed by atoms with Crippen molar-refractivity contribution in [3.63, 3.8) is 0 Å². The van der Waals surface area contributed by atoms with Crippen LogP contribution in [0.1, 0.15) is 46.0 Å². The third kappa shape index (κ3) is 3.69. The number of rotatable bonds is 3. The lowest BCUT2D eigenvalue weighted by Gasteiger charge is -2.39. The van der Waals surface area contributed by atoms with Crippen LogP contribution in [-0.2, 0) is 9.53 Å². The van der Waals surface area contributed by atoms with Crippen molar-refractivity contribution in [1.29, 1.82) is 0 Å². The zero-order valence-corrected chi connectivity index (χ0v) is 11.6. The van der Waals surface area contributed by atoms with Gasteiger partial charge in [0, 0.05) is 25.0 Å². The van der Waals surface area contributed by atoms with Gasteiger partial charge in [0.15, 0.2) is 0 Å². The molecule has 1 saturated heterocycles. The van der Waals surface area contributed by atoms with E-state index in [1.165, 1.54) is 19.3 Å². The predicted molar refractivity (Wildman–Crippen MR) is 71.4 cm³/mol. The van der Waals surface area contributed by atoms with Gasteiger partial charge in [0.1, 0.15) is 0 Å². The highest BCUT2D eigenvalue weighted by Crippen LogP contribution is 2.35. The maximum Gasteiger partial charge on any atom is 0.221 e. The molecule has 2 fully saturated rings. The molecule has 0 aromatic heterocycles. The van der Waals surface area contributed by atoms with Gasteiger partial charge in [-0.2, -0.15) is 0 Å². The maximum absolute atomic E-state index is 12.1. The first kappa shape index (κ1) is 13.8. The molecule has 0 aromatic rings. The number of carbonyl (C=O) groups is 1. The van der Waals surface area contributed by atoms with Crippen LogP contribution in [0.15, 0.2) is 0 Å². The predicted octanol–water partition coefficient (Wildman–Crippen LogP) is 1.45. The zero-order valence-electron chi connectivity index (χ0n) is 11.6. The molecule has 0 bridgehead atoms. The summed E-state index contributed by atoms with van der Waals surface area (Å²) in [6, 6.07) is 0.522. The van der Waals surface area contributed by atoms with Gasteiger partial charge in [0.25, 0.3) is 0 Å². The van der Waals surface area contributed by atoms with Crippen LogP contribution in [0.3, 0.4) is 0 Å². The van der Waals surface area contributed by atoms with E-state index < -0.39 is 0 Å². The van der Waals surface area contributed by atoms with Gasteiger partial charge in [0.05, 0.1) is 13.2 Å². The van der Waals surface area contributed by atoms with E-state index in [9.17, 15) is 4.79 Å². The van der Waals surface area contributed by atoms with Crippen LogP contribution in [0.4, 0.5) is 0 Å². The number of hydrogen-bond donors (Lipinski definition) is 2. The minimum absolute atomic E-state index is 0.165. The molecule has 2 N–H and O–H groups in total. The SMILES string of the molecule is CC1(C)CCCCC1NC(=O)CC1COCCN1. The van der Waals surface area contributed by atoms with Crippen LogP contribution >= 0.6 is 0 Å². The fourth-order valence-electron chi connectivity index (χ4n) is 2.99.